The summed E-state index contributed by atoms with van der Waals surface area (Å²) < 4.78 is 61.0. The fraction of sp³-hybridized carbons (Fsp3) is 0.333. The van der Waals surface area contributed by atoms with Crippen molar-refractivity contribution in [2.75, 3.05) is 49.1 Å². The predicted molar refractivity (Wildman–Crippen MR) is 231 cm³/mol. The van der Waals surface area contributed by atoms with Crippen LogP contribution >= 0.6 is 23.1 Å². The summed E-state index contributed by atoms with van der Waals surface area (Å²) >= 11 is 2.70. The van der Waals surface area contributed by atoms with Crippen LogP contribution in [0.2, 0.25) is 0 Å². The summed E-state index contributed by atoms with van der Waals surface area (Å²) in [5.41, 5.74) is 4.45. The molecule has 4 aromatic carbocycles. The van der Waals surface area contributed by atoms with Crippen molar-refractivity contribution >= 4 is 45.1 Å². The number of aromatic nitrogens is 4. The van der Waals surface area contributed by atoms with Gasteiger partial charge in [0.05, 0.1) is 5.56 Å². The Bertz CT molecular complexity index is 2440. The molecule has 318 valence electrons. The first-order chi connectivity index (χ1) is 29.2. The number of alkyl halides is 3. The molecule has 2 atom stereocenters. The van der Waals surface area contributed by atoms with Crippen molar-refractivity contribution in [3.05, 3.63) is 153 Å². The number of anilines is 2. The van der Waals surface area contributed by atoms with Crippen molar-refractivity contribution in [3.8, 4) is 0 Å². The summed E-state index contributed by atoms with van der Waals surface area (Å²) in [5, 5.41) is 1.67. The van der Waals surface area contributed by atoms with Crippen LogP contribution in [0.4, 0.5) is 27.8 Å². The monoisotopic (exact) mass is 870 g/mol. The van der Waals surface area contributed by atoms with Crippen LogP contribution in [0.3, 0.4) is 0 Å². The Balaban J connectivity index is 0.000000185. The second-order valence-electron chi connectivity index (χ2n) is 15.5. The molecule has 0 saturated carbocycles. The smallest absolute Gasteiger partial charge is 0.343 e. The molecular weight excluding hydrogens is 825 g/mol. The molecule has 8 rings (SSSR count). The van der Waals surface area contributed by atoms with E-state index in [1.807, 2.05) is 47.9 Å². The average Bonchev–Trinajstić information content (AvgIpc) is 3.92. The summed E-state index contributed by atoms with van der Waals surface area (Å²) in [5.74, 6) is 0.884. The van der Waals surface area contributed by atoms with E-state index in [0.29, 0.717) is 38.4 Å². The highest BCUT2D eigenvalue weighted by atomic mass is 32.1. The summed E-state index contributed by atoms with van der Waals surface area (Å²) in [4.78, 5) is 42.9. The van der Waals surface area contributed by atoms with E-state index in [2.05, 4.69) is 56.7 Å². The second kappa shape index (κ2) is 18.9. The van der Waals surface area contributed by atoms with Crippen molar-refractivity contribution in [2.24, 2.45) is 0 Å². The van der Waals surface area contributed by atoms with Gasteiger partial charge in [0.15, 0.2) is 0 Å². The van der Waals surface area contributed by atoms with Gasteiger partial charge in [-0.2, -0.15) is 21.9 Å². The van der Waals surface area contributed by atoms with E-state index in [1.54, 1.807) is 17.0 Å². The molecule has 0 N–H and O–H groups in total. The van der Waals surface area contributed by atoms with Crippen molar-refractivity contribution in [1.29, 1.82) is 0 Å². The predicted octanol–water partition coefficient (Wildman–Crippen LogP) is 8.73. The summed E-state index contributed by atoms with van der Waals surface area (Å²) in [7, 11) is 0. The molecule has 0 radical (unpaired) electrons. The first kappa shape index (κ1) is 43.4. The number of nitrogens with zero attached hydrogens (tertiary/aromatic N) is 8. The van der Waals surface area contributed by atoms with E-state index in [0.717, 1.165) is 64.4 Å². The summed E-state index contributed by atoms with van der Waals surface area (Å²) in [6, 6.07) is 26.9. The molecular formula is C45H46F4N8O2S2. The van der Waals surface area contributed by atoms with Gasteiger partial charge in [-0.15, -0.1) is 0 Å². The number of carbonyl (C=O) groups is 2. The minimum Gasteiger partial charge on any atom is -0.343 e. The van der Waals surface area contributed by atoms with Gasteiger partial charge in [-0.25, -0.2) is 14.4 Å². The van der Waals surface area contributed by atoms with Gasteiger partial charge in [0.2, 0.25) is 10.3 Å². The SMILES string of the molecule is CC1CN(c2nc(Cc3ccc(F)cc3)ns2)CCN1C(=O)c1cccc(C(F)(F)F)c1.Cc1ccc(Cc2nsc(N3CCN(C(=O)c4cccc(C)c4)C(C)C3)n2)cc1. The van der Waals surface area contributed by atoms with Crippen molar-refractivity contribution < 1.29 is 27.2 Å². The third kappa shape index (κ3) is 11.0. The Kier molecular flexibility index (Phi) is 13.4. The van der Waals surface area contributed by atoms with E-state index in [1.165, 1.54) is 58.5 Å². The van der Waals surface area contributed by atoms with Gasteiger partial charge in [-0.1, -0.05) is 65.7 Å². The van der Waals surface area contributed by atoms with Crippen LogP contribution in [0, 0.1) is 19.7 Å². The van der Waals surface area contributed by atoms with E-state index in [9.17, 15) is 27.2 Å². The van der Waals surface area contributed by atoms with Crippen molar-refractivity contribution in [2.45, 2.75) is 58.8 Å². The number of halogens is 4. The lowest BCUT2D eigenvalue weighted by molar-refractivity contribution is -0.137. The van der Waals surface area contributed by atoms with Crippen LogP contribution in [-0.2, 0) is 19.0 Å². The minimum absolute atomic E-state index is 0.0256. The maximum Gasteiger partial charge on any atom is 0.416 e. The van der Waals surface area contributed by atoms with Crippen LogP contribution in [0.25, 0.3) is 0 Å². The van der Waals surface area contributed by atoms with E-state index in [4.69, 9.17) is 4.98 Å². The number of carbonyl (C=O) groups excluding carboxylic acids is 2. The first-order valence-corrected chi connectivity index (χ1v) is 21.6. The molecule has 6 aromatic rings. The first-order valence-electron chi connectivity index (χ1n) is 20.0. The van der Waals surface area contributed by atoms with Crippen molar-refractivity contribution in [1.82, 2.24) is 28.5 Å². The van der Waals surface area contributed by atoms with Crippen LogP contribution in [-0.4, -0.2) is 91.7 Å². The van der Waals surface area contributed by atoms with Gasteiger partial charge in [-0.3, -0.25) is 9.59 Å². The maximum atomic E-state index is 13.1. The molecule has 2 unspecified atom stereocenters. The molecule has 0 bridgehead atoms. The van der Waals surface area contributed by atoms with Gasteiger partial charge in [0.25, 0.3) is 11.8 Å². The number of piperazine rings is 2. The Morgan fingerprint density at radius 2 is 1.11 bits per heavy atom. The fourth-order valence-electron chi connectivity index (χ4n) is 7.37. The largest absolute Gasteiger partial charge is 0.416 e. The number of rotatable bonds is 8. The highest BCUT2D eigenvalue weighted by Crippen LogP contribution is 2.31. The Hall–Kier alpha value is -5.74. The highest BCUT2D eigenvalue weighted by Gasteiger charge is 2.34. The molecule has 2 aromatic heterocycles. The lowest BCUT2D eigenvalue weighted by Crippen LogP contribution is -2.54. The van der Waals surface area contributed by atoms with Crippen LogP contribution in [0.5, 0.6) is 0 Å². The second-order valence-corrected chi connectivity index (χ2v) is 16.9. The normalized spacial score (nSPS) is 16.9. The van der Waals surface area contributed by atoms with E-state index >= 15 is 0 Å². The van der Waals surface area contributed by atoms with E-state index < -0.39 is 17.6 Å². The molecule has 16 heteroatoms. The minimum atomic E-state index is -4.50. The number of hydrogen-bond acceptors (Lipinski definition) is 10. The molecule has 10 nitrogen and oxygen atoms in total. The van der Waals surface area contributed by atoms with Crippen LogP contribution < -0.4 is 9.80 Å². The molecule has 2 fully saturated rings. The van der Waals surface area contributed by atoms with Crippen molar-refractivity contribution in [3.63, 3.8) is 0 Å². The average molecular weight is 871 g/mol. The molecule has 2 aliphatic heterocycles. The van der Waals surface area contributed by atoms with E-state index in [-0.39, 0.29) is 29.4 Å². The molecule has 2 saturated heterocycles. The van der Waals surface area contributed by atoms with Gasteiger partial charge in [-0.05, 0) is 81.3 Å². The zero-order chi connectivity index (χ0) is 43.3. The summed E-state index contributed by atoms with van der Waals surface area (Å²) in [6.45, 7) is 11.7. The molecule has 61 heavy (non-hydrogen) atoms. The zero-order valence-corrected chi connectivity index (χ0v) is 35.9. The Morgan fingerprint density at radius 3 is 1.59 bits per heavy atom. The fourth-order valence-corrected chi connectivity index (χ4v) is 8.81. The molecule has 4 heterocycles. The van der Waals surface area contributed by atoms with Gasteiger partial charge in [0.1, 0.15) is 17.5 Å². The molecule has 0 spiro atoms. The molecule has 2 aliphatic rings. The quantitative estimate of drug-likeness (QED) is 0.140. The van der Waals surface area contributed by atoms with Gasteiger partial charge in [0, 0.05) is 98.4 Å². The number of amides is 2. The van der Waals surface area contributed by atoms with Crippen LogP contribution in [0.15, 0.2) is 97.1 Å². The third-order valence-electron chi connectivity index (χ3n) is 10.7. The van der Waals surface area contributed by atoms with Crippen LogP contribution in [0.1, 0.15) is 74.0 Å². The Labute approximate surface area is 360 Å². The number of benzene rings is 4. The topological polar surface area (TPSA) is 98.7 Å². The lowest BCUT2D eigenvalue weighted by Gasteiger charge is -2.39. The Morgan fingerprint density at radius 1 is 0.639 bits per heavy atom. The standard InChI is InChI=1S/C23H26N4OS.C22H20F4N4OS/c1-16-7-9-19(10-8-16)14-21-24-23(29-25-21)26-11-12-27(18(3)15-26)22(28)20-6-4-5-17(2)13-20;1-14-13-29(21-27-19(28-32-21)11-15-5-7-18(23)8-6-15)9-10-30(14)20(31)16-3-2-4-17(12-16)22(24,25)26/h4-10,13,18H,11-12,14-15H2,1-3H3;2-8,12,14H,9-11,13H2,1H3. The molecule has 0 aliphatic carbocycles. The summed E-state index contributed by atoms with van der Waals surface area (Å²) in [6.07, 6.45) is -3.26. The maximum absolute atomic E-state index is 13.1. The third-order valence-corrected chi connectivity index (χ3v) is 12.3. The molecule has 2 amide bonds. The number of hydrogen-bond donors (Lipinski definition) is 0. The van der Waals surface area contributed by atoms with Gasteiger partial charge >= 0.3 is 6.18 Å². The zero-order valence-electron chi connectivity index (χ0n) is 34.3. The lowest BCUT2D eigenvalue weighted by atomic mass is 10.1. The highest BCUT2D eigenvalue weighted by molar-refractivity contribution is 7.10. The number of aryl methyl sites for hydroxylation is 2. The van der Waals surface area contributed by atoms with Gasteiger partial charge < -0.3 is 19.6 Å².